The van der Waals surface area contributed by atoms with Gasteiger partial charge in [0, 0.05) is 0 Å². The van der Waals surface area contributed by atoms with E-state index in [4.69, 9.17) is 5.84 Å². The van der Waals surface area contributed by atoms with Crippen molar-refractivity contribution in [2.75, 3.05) is 0 Å². The van der Waals surface area contributed by atoms with Crippen molar-refractivity contribution in [3.05, 3.63) is 42.0 Å². The number of nitrogens with one attached hydrogen (secondary N) is 2. The number of carbonyl (C=O) groups is 1. The summed E-state index contributed by atoms with van der Waals surface area (Å²) in [5.74, 6) is 4.87. The molecule has 2 amide bonds. The van der Waals surface area contributed by atoms with Gasteiger partial charge in [-0.15, -0.1) is 0 Å². The van der Waals surface area contributed by atoms with Gasteiger partial charge >= 0.3 is 6.03 Å². The Labute approximate surface area is 94.0 Å². The number of amides is 2. The van der Waals surface area contributed by atoms with Crippen molar-refractivity contribution in [3.8, 4) is 0 Å². The molecule has 5 nitrogen and oxygen atoms in total. The Morgan fingerprint density at radius 3 is 2.69 bits per heavy atom. The maximum absolute atomic E-state index is 10.7. The lowest BCUT2D eigenvalue weighted by Gasteiger charge is -1.97. The summed E-state index contributed by atoms with van der Waals surface area (Å²) in [5, 5.41) is 3.80. The van der Waals surface area contributed by atoms with Crippen molar-refractivity contribution >= 4 is 17.8 Å². The van der Waals surface area contributed by atoms with Crippen LogP contribution in [-0.2, 0) is 0 Å². The highest BCUT2D eigenvalue weighted by Crippen LogP contribution is 2.00. The number of hydrazine groups is 1. The Kier molecular flexibility index (Phi) is 4.75. The quantitative estimate of drug-likeness (QED) is 0.309. The highest BCUT2D eigenvalue weighted by molar-refractivity contribution is 5.96. The lowest BCUT2D eigenvalue weighted by atomic mass is 10.2. The minimum absolute atomic E-state index is 0.549. The molecule has 0 atom stereocenters. The van der Waals surface area contributed by atoms with E-state index in [0.29, 0.717) is 5.71 Å². The van der Waals surface area contributed by atoms with Crippen LogP contribution >= 0.6 is 0 Å². The van der Waals surface area contributed by atoms with Gasteiger partial charge in [0.05, 0.1) is 5.71 Å². The Morgan fingerprint density at radius 1 is 1.38 bits per heavy atom. The second-order valence-corrected chi connectivity index (χ2v) is 3.08. The van der Waals surface area contributed by atoms with E-state index in [0.717, 1.165) is 5.56 Å². The SMILES string of the molecule is CC(/C=C/c1ccccc1)=N\NC(=O)NN. The van der Waals surface area contributed by atoms with Crippen molar-refractivity contribution < 1.29 is 4.79 Å². The second kappa shape index (κ2) is 6.36. The fourth-order valence-electron chi connectivity index (χ4n) is 0.989. The van der Waals surface area contributed by atoms with Gasteiger partial charge in [-0.2, -0.15) is 5.10 Å². The molecule has 0 aromatic heterocycles. The molecule has 0 fully saturated rings. The molecule has 1 aromatic carbocycles. The van der Waals surface area contributed by atoms with Crippen LogP contribution in [0.2, 0.25) is 0 Å². The van der Waals surface area contributed by atoms with Crippen molar-refractivity contribution in [2.24, 2.45) is 10.9 Å². The molecular formula is C11H14N4O. The first-order valence-corrected chi connectivity index (χ1v) is 4.76. The average Bonchev–Trinajstić information content (AvgIpc) is 2.34. The Balaban J connectivity index is 2.54. The minimum atomic E-state index is -0.549. The van der Waals surface area contributed by atoms with Gasteiger partial charge in [-0.3, -0.25) is 5.43 Å². The van der Waals surface area contributed by atoms with Gasteiger partial charge in [-0.05, 0) is 18.6 Å². The topological polar surface area (TPSA) is 79.5 Å². The van der Waals surface area contributed by atoms with Crippen LogP contribution in [0, 0.1) is 0 Å². The van der Waals surface area contributed by atoms with Crippen molar-refractivity contribution in [2.45, 2.75) is 6.92 Å². The van der Waals surface area contributed by atoms with Crippen LogP contribution in [0.4, 0.5) is 4.79 Å². The zero-order valence-corrected chi connectivity index (χ0v) is 8.97. The number of hydrogen-bond acceptors (Lipinski definition) is 3. The summed E-state index contributed by atoms with van der Waals surface area (Å²) in [4.78, 5) is 10.7. The van der Waals surface area contributed by atoms with Gasteiger partial charge in [-0.25, -0.2) is 16.1 Å². The molecule has 0 spiro atoms. The second-order valence-electron chi connectivity index (χ2n) is 3.08. The van der Waals surface area contributed by atoms with E-state index in [2.05, 4.69) is 10.5 Å². The third kappa shape index (κ3) is 4.39. The maximum Gasteiger partial charge on any atom is 0.349 e. The number of urea groups is 1. The number of carbonyl (C=O) groups excluding carboxylic acids is 1. The van der Waals surface area contributed by atoms with Gasteiger partial charge in [0.25, 0.3) is 0 Å². The molecule has 16 heavy (non-hydrogen) atoms. The molecule has 84 valence electrons. The summed E-state index contributed by atoms with van der Waals surface area (Å²) in [7, 11) is 0. The van der Waals surface area contributed by atoms with Crippen LogP contribution in [0.3, 0.4) is 0 Å². The molecule has 4 N–H and O–H groups in total. The molecule has 5 heteroatoms. The molecule has 0 saturated carbocycles. The highest BCUT2D eigenvalue weighted by atomic mass is 16.2. The van der Waals surface area contributed by atoms with Gasteiger partial charge < -0.3 is 0 Å². The molecule has 0 radical (unpaired) electrons. The van der Waals surface area contributed by atoms with E-state index in [-0.39, 0.29) is 0 Å². The first-order chi connectivity index (χ1) is 7.72. The summed E-state index contributed by atoms with van der Waals surface area (Å²) in [6.45, 7) is 1.77. The molecule has 0 bridgehead atoms. The zero-order valence-electron chi connectivity index (χ0n) is 8.97. The van der Waals surface area contributed by atoms with Gasteiger partial charge in [0.2, 0.25) is 0 Å². The van der Waals surface area contributed by atoms with E-state index in [9.17, 15) is 4.79 Å². The van der Waals surface area contributed by atoms with E-state index < -0.39 is 6.03 Å². The molecule has 0 aliphatic rings. The zero-order chi connectivity index (χ0) is 11.8. The molecule has 1 aromatic rings. The molecule has 0 saturated heterocycles. The number of benzene rings is 1. The smallest absolute Gasteiger partial charge is 0.274 e. The minimum Gasteiger partial charge on any atom is -0.274 e. The fraction of sp³-hybridized carbons (Fsp3) is 0.0909. The average molecular weight is 218 g/mol. The fourth-order valence-corrected chi connectivity index (χ4v) is 0.989. The van der Waals surface area contributed by atoms with Crippen molar-refractivity contribution in [1.29, 1.82) is 0 Å². The number of nitrogens with zero attached hydrogens (tertiary/aromatic N) is 1. The summed E-state index contributed by atoms with van der Waals surface area (Å²) in [6.07, 6.45) is 3.70. The molecular weight excluding hydrogens is 204 g/mol. The van der Waals surface area contributed by atoms with Crippen LogP contribution in [0.1, 0.15) is 12.5 Å². The summed E-state index contributed by atoms with van der Waals surface area (Å²) in [6, 6.07) is 9.25. The number of rotatable bonds is 3. The molecule has 0 unspecified atom stereocenters. The lowest BCUT2D eigenvalue weighted by Crippen LogP contribution is -2.37. The summed E-state index contributed by atoms with van der Waals surface area (Å²) in [5.41, 5.74) is 5.89. The Morgan fingerprint density at radius 2 is 2.06 bits per heavy atom. The first-order valence-electron chi connectivity index (χ1n) is 4.76. The highest BCUT2D eigenvalue weighted by Gasteiger charge is 1.91. The summed E-state index contributed by atoms with van der Waals surface area (Å²) < 4.78 is 0. The first kappa shape index (κ1) is 11.9. The number of allylic oxidation sites excluding steroid dienone is 1. The predicted octanol–water partition coefficient (Wildman–Crippen LogP) is 1.25. The third-order valence-electron chi connectivity index (χ3n) is 1.78. The third-order valence-corrected chi connectivity index (χ3v) is 1.78. The number of hydrazone groups is 1. The number of nitrogens with two attached hydrogens (primary N) is 1. The van der Waals surface area contributed by atoms with E-state index >= 15 is 0 Å². The van der Waals surface area contributed by atoms with E-state index in [1.54, 1.807) is 13.0 Å². The summed E-state index contributed by atoms with van der Waals surface area (Å²) >= 11 is 0. The number of hydrogen-bond donors (Lipinski definition) is 3. The lowest BCUT2D eigenvalue weighted by molar-refractivity contribution is 0.241. The van der Waals surface area contributed by atoms with Crippen LogP contribution in [0.5, 0.6) is 0 Å². The van der Waals surface area contributed by atoms with Crippen molar-refractivity contribution in [3.63, 3.8) is 0 Å². The van der Waals surface area contributed by atoms with E-state index in [1.165, 1.54) is 0 Å². The monoisotopic (exact) mass is 218 g/mol. The van der Waals surface area contributed by atoms with Crippen LogP contribution in [0.15, 0.2) is 41.5 Å². The molecule has 0 aliphatic carbocycles. The van der Waals surface area contributed by atoms with Crippen LogP contribution in [-0.4, -0.2) is 11.7 Å². The standard InChI is InChI=1S/C11H14N4O/c1-9(14-15-11(16)13-12)7-8-10-5-3-2-4-6-10/h2-8H,12H2,1H3,(H2,13,15,16)/b8-7+,14-9+. The molecule has 0 aliphatic heterocycles. The predicted molar refractivity (Wildman–Crippen MR) is 64.4 cm³/mol. The van der Waals surface area contributed by atoms with Crippen LogP contribution in [0.25, 0.3) is 6.08 Å². The van der Waals surface area contributed by atoms with Crippen LogP contribution < -0.4 is 16.7 Å². The maximum atomic E-state index is 10.7. The largest absolute Gasteiger partial charge is 0.349 e. The van der Waals surface area contributed by atoms with Gasteiger partial charge in [0.15, 0.2) is 0 Å². The van der Waals surface area contributed by atoms with Gasteiger partial charge in [-0.1, -0.05) is 36.4 Å². The Hall–Kier alpha value is -2.14. The van der Waals surface area contributed by atoms with Crippen molar-refractivity contribution in [1.82, 2.24) is 10.9 Å². The molecule has 0 heterocycles. The normalized spacial score (nSPS) is 11.5. The van der Waals surface area contributed by atoms with E-state index in [1.807, 2.05) is 41.8 Å². The molecule has 1 rings (SSSR count). The van der Waals surface area contributed by atoms with Gasteiger partial charge in [0.1, 0.15) is 0 Å². The Bertz CT molecular complexity index is 398.